The van der Waals surface area contributed by atoms with E-state index in [4.69, 9.17) is 0 Å². The summed E-state index contributed by atoms with van der Waals surface area (Å²) < 4.78 is 0. The molecule has 0 aliphatic heterocycles. The largest absolute Gasteiger partial charge is 0.0839 e. The predicted octanol–water partition coefficient (Wildman–Crippen LogP) is 8.37. The van der Waals surface area contributed by atoms with Gasteiger partial charge >= 0.3 is 0 Å². The normalized spacial score (nSPS) is 10.7. The molecular weight excluding hydrogens is 288 g/mol. The Labute approximate surface area is 150 Å². The molecule has 0 atom stereocenters. The van der Waals surface area contributed by atoms with Gasteiger partial charge in [-0.1, -0.05) is 103 Å². The number of benzene rings is 2. The summed E-state index contributed by atoms with van der Waals surface area (Å²) in [5.41, 5.74) is 2.62. The van der Waals surface area contributed by atoms with Crippen molar-refractivity contribution >= 4 is 22.9 Å². The standard InChI is InChI=1S/C20H24.2C2H6/c1-4-5-6-9-19-14-17-10-7-8-11-18(17)15-20(19)13-12-16(2)3;2*1-2/h6-16H,4-5H2,1-3H3;2*1-2H3/b9-6-,13-12-;;. The molecule has 0 saturated carbocycles. The van der Waals surface area contributed by atoms with Crippen molar-refractivity contribution in [3.63, 3.8) is 0 Å². The summed E-state index contributed by atoms with van der Waals surface area (Å²) >= 11 is 0. The number of hydrogen-bond acceptors (Lipinski definition) is 0. The lowest BCUT2D eigenvalue weighted by Crippen LogP contribution is -1.85. The first-order valence-corrected chi connectivity index (χ1v) is 9.58. The summed E-state index contributed by atoms with van der Waals surface area (Å²) in [5.74, 6) is 0.578. The molecule has 0 aliphatic carbocycles. The zero-order valence-corrected chi connectivity index (χ0v) is 16.8. The van der Waals surface area contributed by atoms with Gasteiger partial charge < -0.3 is 0 Å². The first-order valence-electron chi connectivity index (χ1n) is 9.58. The van der Waals surface area contributed by atoms with Gasteiger partial charge in [0.25, 0.3) is 0 Å². The molecule has 0 radical (unpaired) electrons. The van der Waals surface area contributed by atoms with Crippen LogP contribution in [0, 0.1) is 5.92 Å². The van der Waals surface area contributed by atoms with Crippen molar-refractivity contribution in [1.82, 2.24) is 0 Å². The third kappa shape index (κ3) is 7.64. The second-order valence-electron chi connectivity index (χ2n) is 5.62. The smallest absolute Gasteiger partial charge is 0.0178 e. The van der Waals surface area contributed by atoms with Crippen LogP contribution in [0.5, 0.6) is 0 Å². The van der Waals surface area contributed by atoms with E-state index in [9.17, 15) is 0 Å². The maximum Gasteiger partial charge on any atom is -0.0178 e. The van der Waals surface area contributed by atoms with E-state index in [0.29, 0.717) is 5.92 Å². The van der Waals surface area contributed by atoms with Gasteiger partial charge in [-0.2, -0.15) is 0 Å². The van der Waals surface area contributed by atoms with Crippen LogP contribution in [0.1, 0.15) is 72.4 Å². The highest BCUT2D eigenvalue weighted by atomic mass is 14.0. The minimum atomic E-state index is 0.578. The number of allylic oxidation sites excluding steroid dienone is 2. The van der Waals surface area contributed by atoms with Gasteiger partial charge in [0.15, 0.2) is 0 Å². The van der Waals surface area contributed by atoms with Crippen molar-refractivity contribution in [2.24, 2.45) is 5.92 Å². The predicted molar refractivity (Wildman–Crippen MR) is 114 cm³/mol. The molecule has 2 rings (SSSR count). The Morgan fingerprint density at radius 1 is 0.833 bits per heavy atom. The Balaban J connectivity index is 0.00000123. The van der Waals surface area contributed by atoms with Crippen LogP contribution in [0.2, 0.25) is 0 Å². The van der Waals surface area contributed by atoms with Crippen LogP contribution in [0.15, 0.2) is 48.6 Å². The Morgan fingerprint density at radius 3 is 1.79 bits per heavy atom. The molecule has 2 aromatic carbocycles. The van der Waals surface area contributed by atoms with Gasteiger partial charge in [0, 0.05) is 0 Å². The highest BCUT2D eigenvalue weighted by molar-refractivity contribution is 5.88. The molecule has 0 nitrogen and oxygen atoms in total. The second kappa shape index (κ2) is 13.6. The third-order valence-electron chi connectivity index (χ3n) is 3.36. The van der Waals surface area contributed by atoms with Crippen LogP contribution >= 0.6 is 0 Å². The molecule has 0 heterocycles. The first kappa shape index (κ1) is 22.2. The van der Waals surface area contributed by atoms with Crippen molar-refractivity contribution in [2.75, 3.05) is 0 Å². The summed E-state index contributed by atoms with van der Waals surface area (Å²) in [4.78, 5) is 0. The van der Waals surface area contributed by atoms with E-state index in [1.165, 1.54) is 28.3 Å². The molecule has 2 aromatic rings. The minimum Gasteiger partial charge on any atom is -0.0839 e. The van der Waals surface area contributed by atoms with E-state index in [1.807, 2.05) is 27.7 Å². The number of hydrogen-bond donors (Lipinski definition) is 0. The molecule has 0 aliphatic rings. The molecule has 132 valence electrons. The van der Waals surface area contributed by atoms with Crippen molar-refractivity contribution < 1.29 is 0 Å². The fraction of sp³-hybridized carbons (Fsp3) is 0.417. The molecule has 0 aromatic heterocycles. The van der Waals surface area contributed by atoms with E-state index >= 15 is 0 Å². The van der Waals surface area contributed by atoms with Crippen molar-refractivity contribution in [2.45, 2.75) is 61.3 Å². The summed E-state index contributed by atoms with van der Waals surface area (Å²) in [6.45, 7) is 14.6. The lowest BCUT2D eigenvalue weighted by atomic mass is 9.99. The summed E-state index contributed by atoms with van der Waals surface area (Å²) in [5, 5.41) is 2.62. The van der Waals surface area contributed by atoms with Crippen LogP contribution < -0.4 is 0 Å². The molecule has 0 heteroatoms. The minimum absolute atomic E-state index is 0.578. The highest BCUT2D eigenvalue weighted by Gasteiger charge is 2.00. The van der Waals surface area contributed by atoms with Crippen molar-refractivity contribution in [3.8, 4) is 0 Å². The Bertz CT molecular complexity index is 615. The molecule has 0 unspecified atom stereocenters. The lowest BCUT2D eigenvalue weighted by Gasteiger charge is -2.06. The average molecular weight is 325 g/mol. The zero-order valence-electron chi connectivity index (χ0n) is 16.8. The van der Waals surface area contributed by atoms with Crippen molar-refractivity contribution in [3.05, 3.63) is 59.7 Å². The molecule has 0 fully saturated rings. The molecule has 0 amide bonds. The number of fused-ring (bicyclic) bond motifs is 1. The summed E-state index contributed by atoms with van der Waals surface area (Å²) in [7, 11) is 0. The molecule has 0 N–H and O–H groups in total. The van der Waals surface area contributed by atoms with Crippen LogP contribution in [0.3, 0.4) is 0 Å². The van der Waals surface area contributed by atoms with Crippen LogP contribution in [0.25, 0.3) is 22.9 Å². The second-order valence-corrected chi connectivity index (χ2v) is 5.62. The van der Waals surface area contributed by atoms with E-state index in [0.717, 1.165) is 6.42 Å². The third-order valence-corrected chi connectivity index (χ3v) is 3.36. The lowest BCUT2D eigenvalue weighted by molar-refractivity contribution is 0.836. The van der Waals surface area contributed by atoms with Gasteiger partial charge in [-0.25, -0.2) is 0 Å². The fourth-order valence-electron chi connectivity index (χ4n) is 2.24. The molecular formula is C24H36. The molecule has 24 heavy (non-hydrogen) atoms. The van der Waals surface area contributed by atoms with E-state index in [-0.39, 0.29) is 0 Å². The van der Waals surface area contributed by atoms with Crippen LogP contribution in [0.4, 0.5) is 0 Å². The average Bonchev–Trinajstić information content (AvgIpc) is 2.63. The van der Waals surface area contributed by atoms with Gasteiger partial charge in [0.05, 0.1) is 0 Å². The van der Waals surface area contributed by atoms with Gasteiger partial charge in [-0.05, 0) is 46.4 Å². The number of rotatable bonds is 5. The molecule has 0 saturated heterocycles. The van der Waals surface area contributed by atoms with E-state index < -0.39 is 0 Å². The fourth-order valence-corrected chi connectivity index (χ4v) is 2.24. The Kier molecular flexibility index (Phi) is 12.6. The quantitative estimate of drug-likeness (QED) is 0.518. The highest BCUT2D eigenvalue weighted by Crippen LogP contribution is 2.23. The van der Waals surface area contributed by atoms with Gasteiger partial charge in [0.1, 0.15) is 0 Å². The summed E-state index contributed by atoms with van der Waals surface area (Å²) in [6.07, 6.45) is 11.4. The maximum atomic E-state index is 2.29. The van der Waals surface area contributed by atoms with E-state index in [2.05, 4.69) is 81.5 Å². The molecule has 0 bridgehead atoms. The topological polar surface area (TPSA) is 0 Å². The van der Waals surface area contributed by atoms with Crippen LogP contribution in [-0.4, -0.2) is 0 Å². The van der Waals surface area contributed by atoms with Gasteiger partial charge in [0.2, 0.25) is 0 Å². The Morgan fingerprint density at radius 2 is 1.33 bits per heavy atom. The first-order chi connectivity index (χ1) is 11.7. The SMILES string of the molecule is CC.CC.CCC/C=C\c1cc2ccccc2cc1/C=C\C(C)C. The molecule has 0 spiro atoms. The Hall–Kier alpha value is -1.82. The van der Waals surface area contributed by atoms with Crippen molar-refractivity contribution in [1.29, 1.82) is 0 Å². The van der Waals surface area contributed by atoms with E-state index in [1.54, 1.807) is 0 Å². The zero-order chi connectivity index (χ0) is 18.4. The van der Waals surface area contributed by atoms with Gasteiger partial charge in [-0.3, -0.25) is 0 Å². The maximum absolute atomic E-state index is 2.29. The van der Waals surface area contributed by atoms with Gasteiger partial charge in [-0.15, -0.1) is 0 Å². The van der Waals surface area contributed by atoms with Crippen LogP contribution in [-0.2, 0) is 0 Å². The monoisotopic (exact) mass is 324 g/mol. The summed E-state index contributed by atoms with van der Waals surface area (Å²) in [6, 6.07) is 13.2. The number of unbranched alkanes of at least 4 members (excludes halogenated alkanes) is 1.